The standard InChI is InChI=1S/C20H23N5O2/c1-13-8-14(2)23-20(22-13)25-15(3)9-18(24-25)19(26)21-11-16-6-5-7-17(10-16)12-27-4/h5-10H,11-12H2,1-4H3,(H,21,26). The van der Waals surface area contributed by atoms with Gasteiger partial charge >= 0.3 is 0 Å². The highest BCUT2D eigenvalue weighted by atomic mass is 16.5. The lowest BCUT2D eigenvalue weighted by Gasteiger charge is -2.06. The molecule has 0 aliphatic carbocycles. The highest BCUT2D eigenvalue weighted by Crippen LogP contribution is 2.11. The van der Waals surface area contributed by atoms with Crippen molar-refractivity contribution in [2.75, 3.05) is 7.11 Å². The number of nitrogens with zero attached hydrogens (tertiary/aromatic N) is 4. The zero-order chi connectivity index (χ0) is 19.4. The zero-order valence-corrected chi connectivity index (χ0v) is 16.0. The highest BCUT2D eigenvalue weighted by molar-refractivity contribution is 5.92. The van der Waals surface area contributed by atoms with Crippen LogP contribution in [0.3, 0.4) is 0 Å². The third-order valence-corrected chi connectivity index (χ3v) is 4.04. The van der Waals surface area contributed by atoms with E-state index in [9.17, 15) is 4.79 Å². The van der Waals surface area contributed by atoms with Crippen LogP contribution < -0.4 is 5.32 Å². The number of carbonyl (C=O) groups is 1. The molecule has 7 nitrogen and oxygen atoms in total. The average molecular weight is 365 g/mol. The lowest BCUT2D eigenvalue weighted by molar-refractivity contribution is 0.0945. The summed E-state index contributed by atoms with van der Waals surface area (Å²) in [5.74, 6) is 0.231. The van der Waals surface area contributed by atoms with Crippen molar-refractivity contribution in [3.63, 3.8) is 0 Å². The van der Waals surface area contributed by atoms with Gasteiger partial charge < -0.3 is 10.1 Å². The van der Waals surface area contributed by atoms with Crippen molar-refractivity contribution in [1.82, 2.24) is 25.1 Å². The van der Waals surface area contributed by atoms with E-state index in [4.69, 9.17) is 4.74 Å². The van der Waals surface area contributed by atoms with E-state index in [0.29, 0.717) is 24.8 Å². The Balaban J connectivity index is 1.73. The van der Waals surface area contributed by atoms with E-state index >= 15 is 0 Å². The summed E-state index contributed by atoms with van der Waals surface area (Å²) in [6.45, 7) is 6.65. The molecule has 2 aromatic heterocycles. The van der Waals surface area contributed by atoms with E-state index in [2.05, 4.69) is 20.4 Å². The highest BCUT2D eigenvalue weighted by Gasteiger charge is 2.15. The number of benzene rings is 1. The maximum absolute atomic E-state index is 12.5. The van der Waals surface area contributed by atoms with Gasteiger partial charge in [0.2, 0.25) is 0 Å². The smallest absolute Gasteiger partial charge is 0.272 e. The molecule has 1 aromatic carbocycles. The number of rotatable bonds is 6. The second-order valence-corrected chi connectivity index (χ2v) is 6.47. The molecule has 0 saturated carbocycles. The Morgan fingerprint density at radius 2 is 1.78 bits per heavy atom. The minimum Gasteiger partial charge on any atom is -0.380 e. The van der Waals surface area contributed by atoms with Gasteiger partial charge in [0.15, 0.2) is 5.69 Å². The first-order valence-electron chi connectivity index (χ1n) is 8.70. The summed E-state index contributed by atoms with van der Waals surface area (Å²) in [5, 5.41) is 7.28. The molecule has 0 radical (unpaired) electrons. The second-order valence-electron chi connectivity index (χ2n) is 6.47. The van der Waals surface area contributed by atoms with Crippen LogP contribution in [0.25, 0.3) is 5.95 Å². The van der Waals surface area contributed by atoms with Crippen LogP contribution in [-0.4, -0.2) is 32.8 Å². The third-order valence-electron chi connectivity index (χ3n) is 4.04. The van der Waals surface area contributed by atoms with Crippen molar-refractivity contribution in [2.45, 2.75) is 33.9 Å². The number of nitrogens with one attached hydrogen (secondary N) is 1. The molecule has 0 atom stereocenters. The Morgan fingerprint density at radius 3 is 2.48 bits per heavy atom. The number of amides is 1. The van der Waals surface area contributed by atoms with Gasteiger partial charge in [-0.1, -0.05) is 24.3 Å². The molecule has 0 unspecified atom stereocenters. The molecule has 0 fully saturated rings. The maximum atomic E-state index is 12.5. The largest absolute Gasteiger partial charge is 0.380 e. The number of methoxy groups -OCH3 is 1. The SMILES string of the molecule is COCc1cccc(CNC(=O)c2cc(C)n(-c3nc(C)cc(C)n3)n2)c1. The Bertz CT molecular complexity index is 945. The van der Waals surface area contributed by atoms with Crippen LogP contribution in [0.5, 0.6) is 0 Å². The number of hydrogen-bond acceptors (Lipinski definition) is 5. The second kappa shape index (κ2) is 8.09. The fraction of sp³-hybridized carbons (Fsp3) is 0.300. The topological polar surface area (TPSA) is 81.9 Å². The van der Waals surface area contributed by atoms with Crippen LogP contribution in [0.2, 0.25) is 0 Å². The summed E-state index contributed by atoms with van der Waals surface area (Å²) in [6.07, 6.45) is 0. The number of aromatic nitrogens is 4. The van der Waals surface area contributed by atoms with Crippen molar-refractivity contribution in [1.29, 1.82) is 0 Å². The molecule has 3 aromatic rings. The monoisotopic (exact) mass is 365 g/mol. The van der Waals surface area contributed by atoms with E-state index < -0.39 is 0 Å². The van der Waals surface area contributed by atoms with Gasteiger partial charge in [0, 0.05) is 30.7 Å². The molecule has 140 valence electrons. The lowest BCUT2D eigenvalue weighted by Crippen LogP contribution is -2.23. The molecule has 1 amide bonds. The summed E-state index contributed by atoms with van der Waals surface area (Å²) >= 11 is 0. The Labute approximate surface area is 158 Å². The van der Waals surface area contributed by atoms with E-state index in [0.717, 1.165) is 28.2 Å². The molecule has 27 heavy (non-hydrogen) atoms. The van der Waals surface area contributed by atoms with Gasteiger partial charge in [-0.15, -0.1) is 0 Å². The molecular weight excluding hydrogens is 342 g/mol. The van der Waals surface area contributed by atoms with Gasteiger partial charge in [-0.05, 0) is 44.0 Å². The molecule has 2 heterocycles. The van der Waals surface area contributed by atoms with Crippen molar-refractivity contribution in [3.8, 4) is 5.95 Å². The maximum Gasteiger partial charge on any atom is 0.272 e. The van der Waals surface area contributed by atoms with Crippen LogP contribution in [0.15, 0.2) is 36.4 Å². The van der Waals surface area contributed by atoms with Gasteiger partial charge in [0.1, 0.15) is 0 Å². The summed E-state index contributed by atoms with van der Waals surface area (Å²) in [6, 6.07) is 11.5. The molecule has 0 bridgehead atoms. The molecule has 0 aliphatic rings. The molecule has 7 heteroatoms. The van der Waals surface area contributed by atoms with Gasteiger partial charge in [-0.2, -0.15) is 5.10 Å². The minimum atomic E-state index is -0.238. The van der Waals surface area contributed by atoms with Crippen LogP contribution in [0, 0.1) is 20.8 Å². The number of hydrogen-bond donors (Lipinski definition) is 1. The quantitative estimate of drug-likeness (QED) is 0.726. The first-order chi connectivity index (χ1) is 13.0. The van der Waals surface area contributed by atoms with Gasteiger partial charge in [0.25, 0.3) is 11.9 Å². The molecule has 1 N–H and O–H groups in total. The van der Waals surface area contributed by atoms with E-state index in [1.807, 2.05) is 51.1 Å². The number of aryl methyl sites for hydroxylation is 3. The third kappa shape index (κ3) is 4.57. The van der Waals surface area contributed by atoms with Crippen LogP contribution in [0.1, 0.15) is 38.7 Å². The van der Waals surface area contributed by atoms with Crippen LogP contribution in [0.4, 0.5) is 0 Å². The van der Waals surface area contributed by atoms with Gasteiger partial charge in [-0.3, -0.25) is 4.79 Å². The van der Waals surface area contributed by atoms with Crippen LogP contribution in [-0.2, 0) is 17.9 Å². The van der Waals surface area contributed by atoms with Crippen molar-refractivity contribution >= 4 is 5.91 Å². The number of ether oxygens (including phenoxy) is 1. The number of carbonyl (C=O) groups excluding carboxylic acids is 1. The average Bonchev–Trinajstić information content (AvgIpc) is 3.01. The predicted octanol–water partition coefficient (Wildman–Crippen LogP) is 2.66. The van der Waals surface area contributed by atoms with Crippen molar-refractivity contribution in [3.05, 3.63) is 70.3 Å². The zero-order valence-electron chi connectivity index (χ0n) is 16.0. The Morgan fingerprint density at radius 1 is 1.07 bits per heavy atom. The lowest BCUT2D eigenvalue weighted by atomic mass is 10.1. The van der Waals surface area contributed by atoms with E-state index in [1.165, 1.54) is 0 Å². The summed E-state index contributed by atoms with van der Waals surface area (Å²) in [5.41, 5.74) is 4.92. The molecule has 0 saturated heterocycles. The summed E-state index contributed by atoms with van der Waals surface area (Å²) in [4.78, 5) is 21.3. The van der Waals surface area contributed by atoms with Crippen LogP contribution >= 0.6 is 0 Å². The van der Waals surface area contributed by atoms with Gasteiger partial charge in [-0.25, -0.2) is 14.6 Å². The van der Waals surface area contributed by atoms with E-state index in [1.54, 1.807) is 17.9 Å². The minimum absolute atomic E-state index is 0.238. The van der Waals surface area contributed by atoms with E-state index in [-0.39, 0.29) is 5.91 Å². The fourth-order valence-corrected chi connectivity index (χ4v) is 2.86. The van der Waals surface area contributed by atoms with Gasteiger partial charge in [0.05, 0.1) is 6.61 Å². The fourth-order valence-electron chi connectivity index (χ4n) is 2.86. The normalized spacial score (nSPS) is 10.8. The van der Waals surface area contributed by atoms with Crippen molar-refractivity contribution in [2.24, 2.45) is 0 Å². The first-order valence-corrected chi connectivity index (χ1v) is 8.70. The molecule has 3 rings (SSSR count). The summed E-state index contributed by atoms with van der Waals surface area (Å²) < 4.78 is 6.73. The predicted molar refractivity (Wildman–Crippen MR) is 102 cm³/mol. The molecule has 0 aliphatic heterocycles. The Hall–Kier alpha value is -3.06. The first kappa shape index (κ1) is 18.7. The summed E-state index contributed by atoms with van der Waals surface area (Å²) in [7, 11) is 1.66. The molecule has 0 spiro atoms. The molecular formula is C20H23N5O2. The Kier molecular flexibility index (Phi) is 5.61. The van der Waals surface area contributed by atoms with Crippen molar-refractivity contribution < 1.29 is 9.53 Å².